The molecule has 0 spiro atoms. The number of nitrogens with two attached hydrogens (primary N) is 3. The molecule has 3 saturated heterocycles. The number of likely N-dealkylation sites (N-methyl/N-ethyl adjacent to an activating group) is 1. The van der Waals surface area contributed by atoms with Crippen molar-refractivity contribution in [3.05, 3.63) is 179 Å². The van der Waals surface area contributed by atoms with Crippen LogP contribution in [0.3, 0.4) is 0 Å². The number of carbonyl (C=O) groups is 18. The second-order valence-electron chi connectivity index (χ2n) is 37.6. The van der Waals surface area contributed by atoms with Gasteiger partial charge in [0, 0.05) is 89.4 Å². The second-order valence-corrected chi connectivity index (χ2v) is 38.6. The standard InChI is InChI=1S/C102H133N21O21S/c1-58(2)46-74-92(134)118-81(90(132)108-53-83(103)126)56-145-57-85(128)111-80(54-122-42-44-144-45-43-122)97(139)114-76(49-61-24-30-66(31-25-61)65-17-9-7-10-18-65)95(137)117-79(50-62-26-32-67(33-27-62)68-34-36-71(37-35-68)109-60(5)124)100(142)121(6)55-84(127)110-75(48-63-28-38-72(125)39-29-63)93(135)115-78(52-86(129)130)96(138)112-73(22-14-40-107-102(105)106)91(133)119-87(59(3)4)101(143)123-41-15-23-82(123)98(140)120-88(69-19-11-8-12-20-69)99(141)116-77(94(136)113-74)51-64-16-13-21-70(47-64)89(104)131/h7,9-10,13,16-18,21,24-39,47,58-59,69,73-82,87-88,125H,8,11-12,14-15,19-20,22-23,40-46,48-57H2,1-6H3,(H2,103,126)(H2,104,131)(H,108,132)(H,109,124)(H,110,127)(H,111,128)(H,112,138)(H,113,136)(H,114,139)(H,115,135)(H,116,141)(H,117,137)(H,118,134)(H,119,133)(H,120,140)(H,129,130)(H4,105,106,107)/t73-,74+,75+,76+,77+,78+,79+,80+,81+,82+,87+,88+/m1/s1. The maximum Gasteiger partial charge on any atom is 0.305 e. The summed E-state index contributed by atoms with van der Waals surface area (Å²) in [7, 11) is 1.23. The van der Waals surface area contributed by atoms with Crippen molar-refractivity contribution in [3.63, 3.8) is 0 Å². The molecule has 778 valence electrons. The molecule has 0 bridgehead atoms. The van der Waals surface area contributed by atoms with Crippen molar-refractivity contribution in [2.75, 3.05) is 82.9 Å². The van der Waals surface area contributed by atoms with Gasteiger partial charge in [0.15, 0.2) is 5.96 Å². The van der Waals surface area contributed by atoms with Gasteiger partial charge in [-0.3, -0.25) is 96.6 Å². The molecule has 10 rings (SSSR count). The summed E-state index contributed by atoms with van der Waals surface area (Å²) in [6.07, 6.45) is 0.250. The third-order valence-electron chi connectivity index (χ3n) is 25.3. The van der Waals surface area contributed by atoms with E-state index in [1.165, 1.54) is 61.3 Å². The number of hydrogen-bond donors (Lipinski definition) is 20. The van der Waals surface area contributed by atoms with E-state index >= 15 is 47.9 Å². The molecular formula is C102H133N21O21S. The Labute approximate surface area is 844 Å². The van der Waals surface area contributed by atoms with Crippen LogP contribution in [0.1, 0.15) is 138 Å². The van der Waals surface area contributed by atoms with E-state index in [2.05, 4.69) is 74.4 Å². The maximum absolute atomic E-state index is 15.8. The van der Waals surface area contributed by atoms with Crippen LogP contribution in [0, 0.1) is 23.2 Å². The number of hydrogen-bond acceptors (Lipinski definition) is 23. The zero-order valence-corrected chi connectivity index (χ0v) is 82.9. The topological polar surface area (TPSA) is 637 Å². The highest BCUT2D eigenvalue weighted by molar-refractivity contribution is 8.00. The zero-order chi connectivity index (χ0) is 105. The summed E-state index contributed by atoms with van der Waals surface area (Å²) < 4.78 is 5.66. The van der Waals surface area contributed by atoms with E-state index < -0.39 is 228 Å². The van der Waals surface area contributed by atoms with E-state index in [0.29, 0.717) is 59.2 Å². The summed E-state index contributed by atoms with van der Waals surface area (Å²) in [6, 6.07) is 22.6. The number of benzene rings is 6. The van der Waals surface area contributed by atoms with E-state index in [1.807, 2.05) is 47.4 Å². The van der Waals surface area contributed by atoms with Gasteiger partial charge in [0.25, 0.3) is 0 Å². The predicted molar refractivity (Wildman–Crippen MR) is 539 cm³/mol. The summed E-state index contributed by atoms with van der Waals surface area (Å²) in [5, 5.41) is 66.4. The molecule has 17 amide bonds. The van der Waals surface area contributed by atoms with Gasteiger partial charge in [-0.2, -0.15) is 0 Å². The summed E-state index contributed by atoms with van der Waals surface area (Å²) >= 11 is 0.809. The molecule has 12 atom stereocenters. The van der Waals surface area contributed by atoms with Crippen LogP contribution >= 0.6 is 11.8 Å². The van der Waals surface area contributed by atoms with E-state index in [0.717, 1.165) is 39.8 Å². The van der Waals surface area contributed by atoms with Crippen molar-refractivity contribution >= 4 is 130 Å². The molecule has 3 aliphatic heterocycles. The molecule has 4 fully saturated rings. The lowest BCUT2D eigenvalue weighted by Crippen LogP contribution is -2.62. The first-order chi connectivity index (χ1) is 69.2. The number of aromatic hydroxyl groups is 1. The molecule has 0 unspecified atom stereocenters. The highest BCUT2D eigenvalue weighted by atomic mass is 32.2. The number of phenols is 1. The molecular weight excluding hydrogens is 1890 g/mol. The third-order valence-corrected chi connectivity index (χ3v) is 26.3. The minimum atomic E-state index is -2.05. The number of anilines is 1. The molecule has 6 aromatic carbocycles. The zero-order valence-electron chi connectivity index (χ0n) is 82.1. The second kappa shape index (κ2) is 55.1. The largest absolute Gasteiger partial charge is 0.508 e. The number of fused-ring (bicyclic) bond motifs is 1. The Morgan fingerprint density at radius 2 is 1.03 bits per heavy atom. The van der Waals surface area contributed by atoms with E-state index in [1.54, 1.807) is 94.4 Å². The van der Waals surface area contributed by atoms with Crippen LogP contribution in [0.4, 0.5) is 5.69 Å². The van der Waals surface area contributed by atoms with Gasteiger partial charge in [-0.1, -0.05) is 162 Å². The molecule has 6 aromatic rings. The van der Waals surface area contributed by atoms with Gasteiger partial charge in [0.05, 0.1) is 38.5 Å². The summed E-state index contributed by atoms with van der Waals surface area (Å²) in [4.78, 5) is 266. The Bertz CT molecular complexity index is 5570. The molecule has 42 nitrogen and oxygen atoms in total. The number of rotatable bonds is 27. The molecule has 0 radical (unpaired) electrons. The van der Waals surface area contributed by atoms with Crippen molar-refractivity contribution in [1.29, 1.82) is 5.41 Å². The normalized spacial score (nSPS) is 22.8. The minimum absolute atomic E-state index is 0.0239. The average molecular weight is 2020 g/mol. The smallest absolute Gasteiger partial charge is 0.305 e. The Hall–Kier alpha value is -14.9. The highest BCUT2D eigenvalue weighted by Gasteiger charge is 2.45. The van der Waals surface area contributed by atoms with E-state index in [4.69, 9.17) is 27.3 Å². The lowest BCUT2D eigenvalue weighted by atomic mass is 9.83. The highest BCUT2D eigenvalue weighted by Crippen LogP contribution is 2.31. The molecule has 1 saturated carbocycles. The van der Waals surface area contributed by atoms with E-state index in [9.17, 15) is 48.6 Å². The number of ether oxygens (including phenoxy) is 1. The lowest BCUT2D eigenvalue weighted by molar-refractivity contribution is -0.144. The number of carboxylic acid groups (broad SMARTS) is 1. The number of carbonyl (C=O) groups excluding carboxylic acids is 17. The van der Waals surface area contributed by atoms with Crippen LogP contribution in [0.5, 0.6) is 5.75 Å². The Morgan fingerprint density at radius 1 is 0.510 bits per heavy atom. The SMILES string of the molecule is CC(=O)Nc1ccc(-c2ccc(C[C@@H]3NC(=O)[C@H](Cc4ccc(-c5ccccc5)cc4)NC(=O)[C@H](CN4CCOCC4)NC(=O)CSC[C@@H](C(=O)NCC(N)=O)NC(=O)[C@H](CC(C)C)NC(=O)[C@H](Cc4cccc(C(N)=O)c4)NC(=O)[C@H](C4CCCCC4)NC(=O)[C@@H]4CCCN4C(=O)[C@H](C(C)C)NC(=O)[C@@H](CCCNC(=N)N)NC(=O)[C@H](CC(=O)O)NC(=O)[C@H](Cc4ccc(O)cc4)NC(=O)CN(C)C3=O)cc2)cc1. The fraction of sp³-hybridized carbons (Fsp3) is 0.461. The Kier molecular flexibility index (Phi) is 42.6. The van der Waals surface area contributed by atoms with Crippen molar-refractivity contribution in [2.24, 2.45) is 35.0 Å². The number of guanidine groups is 1. The minimum Gasteiger partial charge on any atom is -0.508 e. The lowest BCUT2D eigenvalue weighted by Gasteiger charge is -2.34. The van der Waals surface area contributed by atoms with Crippen LogP contribution in [-0.4, -0.2) is 287 Å². The Morgan fingerprint density at radius 3 is 1.61 bits per heavy atom. The third kappa shape index (κ3) is 35.3. The number of nitrogens with zero attached hydrogens (tertiary/aromatic N) is 3. The molecule has 23 N–H and O–H groups in total. The fourth-order valence-electron chi connectivity index (χ4n) is 17.7. The molecule has 145 heavy (non-hydrogen) atoms. The first kappa shape index (κ1) is 112. The first-order valence-corrected chi connectivity index (χ1v) is 49.8. The van der Waals surface area contributed by atoms with Gasteiger partial charge in [0.2, 0.25) is 100 Å². The Balaban J connectivity index is 1.05. The first-order valence-electron chi connectivity index (χ1n) is 48.6. The predicted octanol–water partition coefficient (Wildman–Crippen LogP) is 0.537. The van der Waals surface area contributed by atoms with Gasteiger partial charge in [0.1, 0.15) is 78.3 Å². The maximum atomic E-state index is 15.8. The number of aliphatic carboxylic acids is 1. The summed E-state index contributed by atoms with van der Waals surface area (Å²) in [5.74, 6) is -20.3. The van der Waals surface area contributed by atoms with Crippen LogP contribution in [0.2, 0.25) is 0 Å². The number of primary amides is 2. The van der Waals surface area contributed by atoms with Crippen LogP contribution in [0.25, 0.3) is 22.3 Å². The summed E-state index contributed by atoms with van der Waals surface area (Å²) in [6.45, 7) is 7.21. The number of phenolic OH excluding ortho intramolecular Hbond substituents is 1. The van der Waals surface area contributed by atoms with Gasteiger partial charge in [-0.05, 0) is 144 Å². The molecule has 1 aliphatic carbocycles. The van der Waals surface area contributed by atoms with Gasteiger partial charge < -0.3 is 116 Å². The van der Waals surface area contributed by atoms with Crippen LogP contribution in [0.15, 0.2) is 152 Å². The van der Waals surface area contributed by atoms with Crippen LogP contribution in [-0.2, 0) is 112 Å². The van der Waals surface area contributed by atoms with Crippen molar-refractivity contribution in [1.82, 2.24) is 83.8 Å². The van der Waals surface area contributed by atoms with Gasteiger partial charge >= 0.3 is 5.97 Å². The number of morpholine rings is 1. The van der Waals surface area contributed by atoms with Crippen molar-refractivity contribution in [2.45, 2.75) is 203 Å². The summed E-state index contributed by atoms with van der Waals surface area (Å²) in [5.41, 5.74) is 22.1. The van der Waals surface area contributed by atoms with Gasteiger partial charge in [-0.15, -0.1) is 11.8 Å². The number of carboxylic acids is 1. The number of thioether (sulfide) groups is 1. The van der Waals surface area contributed by atoms with Gasteiger partial charge in [-0.25, -0.2) is 0 Å². The van der Waals surface area contributed by atoms with Crippen molar-refractivity contribution < 1.29 is 101 Å². The number of nitrogens with one attached hydrogen (secondary N) is 15. The number of amides is 17. The molecule has 43 heteroatoms. The monoisotopic (exact) mass is 2020 g/mol. The molecule has 4 aliphatic rings. The van der Waals surface area contributed by atoms with E-state index in [-0.39, 0.29) is 120 Å². The van der Waals surface area contributed by atoms with Crippen molar-refractivity contribution in [3.8, 4) is 28.0 Å². The molecule has 3 heterocycles. The molecule has 0 aromatic heterocycles. The fourth-order valence-corrected chi connectivity index (χ4v) is 18.5. The van der Waals surface area contributed by atoms with Crippen LogP contribution < -0.4 is 91.6 Å². The average Bonchev–Trinajstić information content (AvgIpc) is 1.71. The quantitative estimate of drug-likeness (QED) is 0.0190.